The van der Waals surface area contributed by atoms with Gasteiger partial charge in [0.1, 0.15) is 0 Å². The van der Waals surface area contributed by atoms with Gasteiger partial charge < -0.3 is 19.8 Å². The fourth-order valence-corrected chi connectivity index (χ4v) is 0. The van der Waals surface area contributed by atoms with Gasteiger partial charge in [-0.25, -0.2) is 0 Å². The smallest absolute Gasteiger partial charge is 0.179 e. The van der Waals surface area contributed by atoms with Crippen LogP contribution in [-0.4, -0.2) is 48.6 Å². The van der Waals surface area contributed by atoms with E-state index < -0.39 is 16.6 Å². The molecule has 0 aliphatic rings. The van der Waals surface area contributed by atoms with E-state index in [1.807, 2.05) is 53.1 Å². The monoisotopic (exact) mass is 418 g/mol. The van der Waals surface area contributed by atoms with Crippen LogP contribution in [0.1, 0.15) is 40.5 Å². The Labute approximate surface area is 154 Å². The molecule has 21 heavy (non-hydrogen) atoms. The summed E-state index contributed by atoms with van der Waals surface area (Å²) in [5.41, 5.74) is 0. The van der Waals surface area contributed by atoms with Gasteiger partial charge in [0.25, 0.3) is 0 Å². The van der Waals surface area contributed by atoms with Crippen molar-refractivity contribution in [3.63, 3.8) is 0 Å². The van der Waals surface area contributed by atoms with Crippen LogP contribution in [0.2, 0.25) is 39.3 Å². The quantitative estimate of drug-likeness (QED) is 0.518. The molecule has 4 N–H and O–H groups in total. The molecular weight excluding hydrogens is 380 g/mol. The zero-order chi connectivity index (χ0) is 17.6. The minimum absolute atomic E-state index is 0. The molecule has 0 heterocycles. The first-order valence-electron chi connectivity index (χ1n) is 7.35. The van der Waals surface area contributed by atoms with Crippen molar-refractivity contribution in [2.24, 2.45) is 0 Å². The summed E-state index contributed by atoms with van der Waals surface area (Å²) < 4.78 is 0. The fraction of sp³-hybridized carbons (Fsp3) is 1.00. The fourth-order valence-electron chi connectivity index (χ4n) is 0. The van der Waals surface area contributed by atoms with E-state index in [9.17, 15) is 0 Å². The van der Waals surface area contributed by atoms with Gasteiger partial charge in [0.2, 0.25) is 0 Å². The Morgan fingerprint density at radius 1 is 0.667 bits per heavy atom. The first-order chi connectivity index (χ1) is 8.54. The summed E-state index contributed by atoms with van der Waals surface area (Å²) in [7, 11) is -3.22. The minimum Gasteiger partial charge on any atom is -0.433 e. The van der Waals surface area contributed by atoms with Crippen LogP contribution in [0.15, 0.2) is 0 Å². The Kier molecular flexibility index (Phi) is 30.8. The topological polar surface area (TPSA) is 80.9 Å². The van der Waals surface area contributed by atoms with Crippen molar-refractivity contribution in [2.75, 3.05) is 0 Å². The van der Waals surface area contributed by atoms with Crippen molar-refractivity contribution >= 4 is 16.6 Å². The van der Waals surface area contributed by atoms with E-state index in [4.69, 9.17) is 19.8 Å². The Morgan fingerprint density at radius 2 is 0.714 bits per heavy atom. The van der Waals surface area contributed by atoms with Gasteiger partial charge in [-0.2, -0.15) is 0 Å². The first-order valence-corrected chi connectivity index (χ1v) is 14.2. The van der Waals surface area contributed by atoms with Crippen LogP contribution in [0, 0.1) is 0 Å². The van der Waals surface area contributed by atoms with Crippen LogP contribution in [0.4, 0.5) is 0 Å². The third-order valence-corrected chi connectivity index (χ3v) is 1.18. The van der Waals surface area contributed by atoms with Crippen molar-refractivity contribution in [2.45, 2.75) is 92.0 Å². The van der Waals surface area contributed by atoms with Crippen molar-refractivity contribution in [3.05, 3.63) is 0 Å². The second kappa shape index (κ2) is 19.2. The van der Waals surface area contributed by atoms with E-state index in [0.29, 0.717) is 0 Å². The maximum atomic E-state index is 8.66. The molecule has 2 unspecified atom stereocenters. The average molecular weight is 420 g/mol. The van der Waals surface area contributed by atoms with Crippen LogP contribution in [-0.2, 0) is 26.2 Å². The maximum absolute atomic E-state index is 8.66. The summed E-state index contributed by atoms with van der Waals surface area (Å²) in [4.78, 5) is 17.3. The molecule has 0 spiro atoms. The second-order valence-corrected chi connectivity index (χ2v) is 15.5. The summed E-state index contributed by atoms with van der Waals surface area (Å²) in [6.07, 6.45) is 1.49. The van der Waals surface area contributed by atoms with Gasteiger partial charge in [0, 0.05) is 26.2 Å². The summed E-state index contributed by atoms with van der Waals surface area (Å²) in [5, 5.41) is 16.7. The van der Waals surface area contributed by atoms with E-state index in [1.165, 1.54) is 0 Å². The Morgan fingerprint density at radius 3 is 0.714 bits per heavy atom. The van der Waals surface area contributed by atoms with Crippen LogP contribution in [0.3, 0.4) is 0 Å². The van der Waals surface area contributed by atoms with Crippen molar-refractivity contribution in [1.82, 2.24) is 0 Å². The molecule has 0 aliphatic carbocycles. The van der Waals surface area contributed by atoms with E-state index >= 15 is 0 Å². The number of aliphatic hydroxyl groups is 2. The number of aliphatic hydroxyl groups excluding tert-OH is 2. The zero-order valence-electron chi connectivity index (χ0n) is 15.9. The Balaban J connectivity index is -0.0000000533. The molecule has 0 aromatic rings. The average Bonchev–Trinajstić information content (AvgIpc) is 2.13. The van der Waals surface area contributed by atoms with E-state index in [1.54, 1.807) is 13.8 Å². The molecule has 4 nitrogen and oxygen atoms in total. The molecule has 0 fully saturated rings. The van der Waals surface area contributed by atoms with Crippen molar-refractivity contribution in [3.8, 4) is 0 Å². The standard InChI is InChI=1S/2C4H10O.2C3H10OSi.Zr/c2*1-3-4(2)5;2*1-5(2,3)4;/h2*4-5H,3H2,1-2H3;2*4H,1-3H3;. The molecule has 0 saturated carbocycles. The first kappa shape index (κ1) is 33.7. The van der Waals surface area contributed by atoms with Crippen LogP contribution in [0.25, 0.3) is 0 Å². The van der Waals surface area contributed by atoms with Gasteiger partial charge in [-0.1, -0.05) is 13.8 Å². The molecule has 132 valence electrons. The molecule has 0 amide bonds. The van der Waals surface area contributed by atoms with Crippen LogP contribution >= 0.6 is 0 Å². The molecule has 0 radical (unpaired) electrons. The summed E-state index contributed by atoms with van der Waals surface area (Å²) >= 11 is 0. The normalized spacial score (nSPS) is 12.9. The molecule has 0 aromatic carbocycles. The third-order valence-electron chi connectivity index (χ3n) is 1.18. The predicted octanol–water partition coefficient (Wildman–Crippen LogP) is 3.18. The number of rotatable bonds is 2. The van der Waals surface area contributed by atoms with Gasteiger partial charge in [0.05, 0.1) is 12.2 Å². The Hall–Kier alpha value is 1.16. The SMILES string of the molecule is CCC(C)O.CCC(C)O.C[Si](C)(C)O.C[Si](C)(C)O.[Zr]. The minimum atomic E-state index is -1.61. The second-order valence-electron chi connectivity index (χ2n) is 6.86. The van der Waals surface area contributed by atoms with E-state index in [0.717, 1.165) is 12.8 Å². The summed E-state index contributed by atoms with van der Waals surface area (Å²) in [6.45, 7) is 18.7. The van der Waals surface area contributed by atoms with E-state index in [2.05, 4.69) is 0 Å². The van der Waals surface area contributed by atoms with Crippen LogP contribution in [0.5, 0.6) is 0 Å². The number of hydrogen-bond acceptors (Lipinski definition) is 4. The molecule has 0 saturated heterocycles. The summed E-state index contributed by atoms with van der Waals surface area (Å²) in [6, 6.07) is 0. The van der Waals surface area contributed by atoms with Gasteiger partial charge in [-0.15, -0.1) is 0 Å². The molecule has 0 bridgehead atoms. The predicted molar refractivity (Wildman–Crippen MR) is 95.1 cm³/mol. The largest absolute Gasteiger partial charge is 0.433 e. The molecule has 0 rings (SSSR count). The van der Waals surface area contributed by atoms with Crippen molar-refractivity contribution < 1.29 is 46.0 Å². The molecule has 7 heteroatoms. The number of hydrogen-bond donors (Lipinski definition) is 4. The van der Waals surface area contributed by atoms with Gasteiger partial charge in [0.15, 0.2) is 16.6 Å². The molecule has 0 aromatic heterocycles. The van der Waals surface area contributed by atoms with Gasteiger partial charge in [-0.05, 0) is 66.0 Å². The zero-order valence-corrected chi connectivity index (χ0v) is 20.3. The van der Waals surface area contributed by atoms with Crippen molar-refractivity contribution in [1.29, 1.82) is 0 Å². The maximum Gasteiger partial charge on any atom is 0.179 e. The third kappa shape index (κ3) is 292. The van der Waals surface area contributed by atoms with Gasteiger partial charge >= 0.3 is 0 Å². The summed E-state index contributed by atoms with van der Waals surface area (Å²) in [5.74, 6) is 0. The molecular formula is C14H40O4Si2Zr. The van der Waals surface area contributed by atoms with Gasteiger partial charge in [-0.3, -0.25) is 0 Å². The molecule has 2 atom stereocenters. The Bertz CT molecular complexity index is 147. The molecule has 0 aliphatic heterocycles. The van der Waals surface area contributed by atoms with Crippen LogP contribution < -0.4 is 0 Å². The van der Waals surface area contributed by atoms with E-state index in [-0.39, 0.29) is 38.4 Å².